The first-order valence-electron chi connectivity index (χ1n) is 10.0. The van der Waals surface area contributed by atoms with Crippen LogP contribution in [0.25, 0.3) is 16.3 Å². The summed E-state index contributed by atoms with van der Waals surface area (Å²) < 4.78 is 6.00. The Hall–Kier alpha value is -3.23. The first-order chi connectivity index (χ1) is 15.0. The van der Waals surface area contributed by atoms with Crippen molar-refractivity contribution in [3.8, 4) is 5.75 Å². The van der Waals surface area contributed by atoms with Crippen molar-refractivity contribution in [1.29, 1.82) is 0 Å². The maximum atomic E-state index is 12.8. The molecule has 2 aromatic carbocycles. The number of anilines is 1. The van der Waals surface area contributed by atoms with Crippen molar-refractivity contribution in [2.45, 2.75) is 0 Å². The molecule has 3 aromatic rings. The van der Waals surface area contributed by atoms with Crippen LogP contribution in [-0.4, -0.2) is 66.9 Å². The highest BCUT2D eigenvalue weighted by atomic mass is 32.1. The topological polar surface area (TPSA) is 74.8 Å². The number of benzene rings is 2. The molecule has 1 saturated heterocycles. The van der Waals surface area contributed by atoms with Crippen molar-refractivity contribution in [2.24, 2.45) is 0 Å². The fourth-order valence-electron chi connectivity index (χ4n) is 3.34. The van der Waals surface area contributed by atoms with Gasteiger partial charge in [0.25, 0.3) is 5.91 Å². The molecule has 0 aliphatic carbocycles. The van der Waals surface area contributed by atoms with E-state index in [2.05, 4.69) is 22.2 Å². The minimum Gasteiger partial charge on any atom is -0.497 e. The molecule has 1 aliphatic heterocycles. The number of hydrogen-bond donors (Lipinski definition) is 1. The zero-order chi connectivity index (χ0) is 21.8. The van der Waals surface area contributed by atoms with Crippen LogP contribution in [0, 0.1) is 0 Å². The molecule has 160 valence electrons. The van der Waals surface area contributed by atoms with Gasteiger partial charge in [-0.2, -0.15) is 0 Å². The lowest BCUT2D eigenvalue weighted by Crippen LogP contribution is -2.47. The Morgan fingerprint density at radius 3 is 2.55 bits per heavy atom. The van der Waals surface area contributed by atoms with Gasteiger partial charge in [0.15, 0.2) is 5.13 Å². The molecule has 0 radical (unpaired) electrons. The van der Waals surface area contributed by atoms with E-state index in [0.717, 1.165) is 47.7 Å². The molecule has 1 fully saturated rings. The number of ether oxygens (including phenoxy) is 1. The molecule has 4 rings (SSSR count). The minimum absolute atomic E-state index is 0.0383. The standard InChI is InChI=1S/C23H24N4O3S/c1-26-11-13-27(14-12-26)22(29)17-6-9-19-20(15-17)31-23(24-19)25-21(28)10-5-16-3-7-18(30-2)8-4-16/h3-10,15H,11-14H2,1-2H3,(H,24,25,28)/b10-5+. The summed E-state index contributed by atoms with van der Waals surface area (Å²) in [6.07, 6.45) is 3.20. The SMILES string of the molecule is COc1ccc(/C=C/C(=O)Nc2nc3ccc(C(=O)N4CCN(C)CC4)cc3s2)cc1. The highest BCUT2D eigenvalue weighted by Gasteiger charge is 2.21. The second kappa shape index (κ2) is 9.28. The summed E-state index contributed by atoms with van der Waals surface area (Å²) in [7, 11) is 3.68. The monoisotopic (exact) mass is 436 g/mol. The number of thiazole rings is 1. The minimum atomic E-state index is -0.261. The summed E-state index contributed by atoms with van der Waals surface area (Å²) >= 11 is 1.36. The molecule has 1 aliphatic rings. The summed E-state index contributed by atoms with van der Waals surface area (Å²) in [5.74, 6) is 0.543. The molecule has 1 aromatic heterocycles. The molecule has 7 nitrogen and oxygen atoms in total. The Labute approximate surface area is 184 Å². The maximum absolute atomic E-state index is 12.8. The number of hydrogen-bond acceptors (Lipinski definition) is 6. The summed E-state index contributed by atoms with van der Waals surface area (Å²) in [5.41, 5.74) is 2.31. The number of amides is 2. The third kappa shape index (κ3) is 5.10. The van der Waals surface area contributed by atoms with Gasteiger partial charge in [0.05, 0.1) is 17.3 Å². The van der Waals surface area contributed by atoms with E-state index in [1.165, 1.54) is 17.4 Å². The average molecular weight is 437 g/mol. The van der Waals surface area contributed by atoms with E-state index in [4.69, 9.17) is 4.74 Å². The average Bonchev–Trinajstić information content (AvgIpc) is 3.19. The van der Waals surface area contributed by atoms with Crippen LogP contribution in [0.1, 0.15) is 15.9 Å². The number of rotatable bonds is 5. The Bertz CT molecular complexity index is 1120. The van der Waals surface area contributed by atoms with Gasteiger partial charge in [0.1, 0.15) is 5.75 Å². The molecule has 1 N–H and O–H groups in total. The van der Waals surface area contributed by atoms with Crippen molar-refractivity contribution >= 4 is 44.6 Å². The smallest absolute Gasteiger partial charge is 0.253 e. The van der Waals surface area contributed by atoms with Gasteiger partial charge in [-0.1, -0.05) is 23.5 Å². The number of nitrogens with one attached hydrogen (secondary N) is 1. The zero-order valence-electron chi connectivity index (χ0n) is 17.5. The van der Waals surface area contributed by atoms with Crippen LogP contribution >= 0.6 is 11.3 Å². The quantitative estimate of drug-likeness (QED) is 0.621. The van der Waals surface area contributed by atoms with E-state index < -0.39 is 0 Å². The number of methoxy groups -OCH3 is 1. The summed E-state index contributed by atoms with van der Waals surface area (Å²) in [4.78, 5) is 33.6. The largest absolute Gasteiger partial charge is 0.497 e. The lowest BCUT2D eigenvalue weighted by atomic mass is 10.1. The van der Waals surface area contributed by atoms with Crippen LogP contribution in [0.4, 0.5) is 5.13 Å². The third-order valence-corrected chi connectivity index (χ3v) is 6.13. The van der Waals surface area contributed by atoms with Gasteiger partial charge >= 0.3 is 0 Å². The van der Waals surface area contributed by atoms with E-state index in [1.54, 1.807) is 19.3 Å². The normalized spacial score (nSPS) is 14.8. The van der Waals surface area contributed by atoms with Crippen LogP contribution in [0.15, 0.2) is 48.5 Å². The first kappa shape index (κ1) is 21.0. The summed E-state index contributed by atoms with van der Waals surface area (Å²) in [6, 6.07) is 12.9. The Balaban J connectivity index is 1.42. The molecule has 8 heteroatoms. The molecule has 0 saturated carbocycles. The van der Waals surface area contributed by atoms with Gasteiger partial charge < -0.3 is 14.5 Å². The molecule has 0 spiro atoms. The number of carbonyl (C=O) groups excluding carboxylic acids is 2. The van der Waals surface area contributed by atoms with Crippen molar-refractivity contribution in [3.63, 3.8) is 0 Å². The van der Waals surface area contributed by atoms with Gasteiger partial charge in [-0.05, 0) is 49.0 Å². The summed E-state index contributed by atoms with van der Waals surface area (Å²) in [5, 5.41) is 3.30. The molecule has 0 atom stereocenters. The molecule has 2 amide bonds. The van der Waals surface area contributed by atoms with Crippen molar-refractivity contribution in [3.05, 3.63) is 59.7 Å². The maximum Gasteiger partial charge on any atom is 0.253 e. The van der Waals surface area contributed by atoms with E-state index >= 15 is 0 Å². The fraction of sp³-hybridized carbons (Fsp3) is 0.261. The fourth-order valence-corrected chi connectivity index (χ4v) is 4.25. The predicted molar refractivity (Wildman–Crippen MR) is 124 cm³/mol. The summed E-state index contributed by atoms with van der Waals surface area (Å²) in [6.45, 7) is 3.24. The van der Waals surface area contributed by atoms with E-state index in [0.29, 0.717) is 10.7 Å². The number of likely N-dealkylation sites (N-methyl/N-ethyl adjacent to an activating group) is 1. The van der Waals surface area contributed by atoms with Gasteiger partial charge in [0.2, 0.25) is 5.91 Å². The van der Waals surface area contributed by atoms with Crippen molar-refractivity contribution in [1.82, 2.24) is 14.8 Å². The predicted octanol–water partition coefficient (Wildman–Crippen LogP) is 3.34. The highest BCUT2D eigenvalue weighted by molar-refractivity contribution is 7.22. The molecule has 0 unspecified atom stereocenters. The lowest BCUT2D eigenvalue weighted by Gasteiger charge is -2.32. The van der Waals surface area contributed by atoms with Gasteiger partial charge in [-0.25, -0.2) is 4.98 Å². The second-order valence-corrected chi connectivity index (χ2v) is 8.42. The Kier molecular flexibility index (Phi) is 6.29. The van der Waals surface area contributed by atoms with Crippen LogP contribution < -0.4 is 10.1 Å². The third-order valence-electron chi connectivity index (χ3n) is 5.20. The van der Waals surface area contributed by atoms with Crippen molar-refractivity contribution < 1.29 is 14.3 Å². The van der Waals surface area contributed by atoms with Gasteiger partial charge in [0, 0.05) is 37.8 Å². The second-order valence-electron chi connectivity index (χ2n) is 7.39. The molecular weight excluding hydrogens is 412 g/mol. The zero-order valence-corrected chi connectivity index (χ0v) is 18.3. The Morgan fingerprint density at radius 1 is 1.10 bits per heavy atom. The Morgan fingerprint density at radius 2 is 1.84 bits per heavy atom. The first-order valence-corrected chi connectivity index (χ1v) is 10.8. The van der Waals surface area contributed by atoms with Crippen LogP contribution in [0.3, 0.4) is 0 Å². The van der Waals surface area contributed by atoms with Crippen molar-refractivity contribution in [2.75, 3.05) is 45.7 Å². The lowest BCUT2D eigenvalue weighted by molar-refractivity contribution is -0.111. The number of nitrogens with zero attached hydrogens (tertiary/aromatic N) is 3. The van der Waals surface area contributed by atoms with Crippen LogP contribution in [0.5, 0.6) is 5.75 Å². The molecule has 31 heavy (non-hydrogen) atoms. The van der Waals surface area contributed by atoms with Crippen LogP contribution in [0.2, 0.25) is 0 Å². The number of carbonyl (C=O) groups is 2. The van der Waals surface area contributed by atoms with E-state index in [-0.39, 0.29) is 11.8 Å². The van der Waals surface area contributed by atoms with Gasteiger partial charge in [-0.3, -0.25) is 14.9 Å². The van der Waals surface area contributed by atoms with E-state index in [1.807, 2.05) is 41.3 Å². The highest BCUT2D eigenvalue weighted by Crippen LogP contribution is 2.27. The molecular formula is C23H24N4O3S. The van der Waals surface area contributed by atoms with Gasteiger partial charge in [-0.15, -0.1) is 0 Å². The molecule has 2 heterocycles. The van der Waals surface area contributed by atoms with Crippen LogP contribution in [-0.2, 0) is 4.79 Å². The molecule has 0 bridgehead atoms. The van der Waals surface area contributed by atoms with E-state index in [9.17, 15) is 9.59 Å². The number of fused-ring (bicyclic) bond motifs is 1. The number of piperazine rings is 1. The number of aromatic nitrogens is 1.